The molecule has 0 radical (unpaired) electrons. The Morgan fingerprint density at radius 3 is 2.29 bits per heavy atom. The maximum atomic E-state index is 5.86. The van der Waals surface area contributed by atoms with Gasteiger partial charge in [0.25, 0.3) is 0 Å². The van der Waals surface area contributed by atoms with E-state index in [1.807, 2.05) is 17.8 Å². The lowest BCUT2D eigenvalue weighted by Crippen LogP contribution is -2.41. The van der Waals surface area contributed by atoms with Crippen LogP contribution in [0.1, 0.15) is 31.4 Å². The van der Waals surface area contributed by atoms with E-state index in [1.165, 1.54) is 35.3 Å². The van der Waals surface area contributed by atoms with Crippen molar-refractivity contribution in [2.45, 2.75) is 30.6 Å². The third-order valence-corrected chi connectivity index (χ3v) is 5.97. The molecular weight excluding hydrogens is 276 g/mol. The number of nitrogens with one attached hydrogen (secondary N) is 1. The zero-order valence-electron chi connectivity index (χ0n) is 12.4. The van der Waals surface area contributed by atoms with Crippen LogP contribution < -0.4 is 11.3 Å². The van der Waals surface area contributed by atoms with Crippen molar-refractivity contribution in [2.24, 2.45) is 5.84 Å². The van der Waals surface area contributed by atoms with Gasteiger partial charge in [0.1, 0.15) is 0 Å². The number of hydrogen-bond donors (Lipinski definition) is 2. The van der Waals surface area contributed by atoms with Crippen LogP contribution in [0, 0.1) is 0 Å². The first-order valence-electron chi connectivity index (χ1n) is 7.48. The number of thioether (sulfide) groups is 1. The van der Waals surface area contributed by atoms with Gasteiger partial charge in [0.15, 0.2) is 0 Å². The van der Waals surface area contributed by atoms with Gasteiger partial charge in [-0.2, -0.15) is 11.8 Å². The Balaban J connectivity index is 1.86. The zero-order valence-corrected chi connectivity index (χ0v) is 13.2. The molecule has 0 saturated carbocycles. The third-order valence-electron chi connectivity index (χ3n) is 4.38. The summed E-state index contributed by atoms with van der Waals surface area (Å²) >= 11 is 2.03. The Labute approximate surface area is 131 Å². The van der Waals surface area contributed by atoms with Crippen LogP contribution in [-0.4, -0.2) is 10.5 Å². The minimum absolute atomic E-state index is 0.197. The van der Waals surface area contributed by atoms with Crippen LogP contribution in [-0.2, 0) is 0 Å². The molecule has 110 valence electrons. The van der Waals surface area contributed by atoms with Crippen LogP contribution in [0.5, 0.6) is 0 Å². The van der Waals surface area contributed by atoms with Crippen molar-refractivity contribution in [2.75, 3.05) is 5.75 Å². The Kier molecular flexibility index (Phi) is 4.34. The number of rotatable bonds is 4. The van der Waals surface area contributed by atoms with Gasteiger partial charge < -0.3 is 0 Å². The van der Waals surface area contributed by atoms with Gasteiger partial charge in [-0.25, -0.2) is 0 Å². The largest absolute Gasteiger partial charge is 0.271 e. The number of benzene rings is 2. The molecule has 0 amide bonds. The maximum absolute atomic E-state index is 5.86. The van der Waals surface area contributed by atoms with Crippen molar-refractivity contribution in [1.82, 2.24) is 5.43 Å². The van der Waals surface area contributed by atoms with Crippen LogP contribution in [0.4, 0.5) is 0 Å². The highest BCUT2D eigenvalue weighted by atomic mass is 32.2. The quantitative estimate of drug-likeness (QED) is 0.658. The van der Waals surface area contributed by atoms with Crippen molar-refractivity contribution >= 4 is 11.8 Å². The number of hydrazine groups is 1. The van der Waals surface area contributed by atoms with E-state index in [4.69, 9.17) is 5.84 Å². The highest BCUT2D eigenvalue weighted by Crippen LogP contribution is 2.46. The summed E-state index contributed by atoms with van der Waals surface area (Å²) in [5.41, 5.74) is 6.81. The van der Waals surface area contributed by atoms with Gasteiger partial charge in [0, 0.05) is 4.75 Å². The van der Waals surface area contributed by atoms with E-state index in [2.05, 4.69) is 60.9 Å². The molecule has 2 unspecified atom stereocenters. The molecule has 2 aromatic carbocycles. The molecule has 3 heteroatoms. The molecular formula is C18H22N2S. The van der Waals surface area contributed by atoms with Gasteiger partial charge in [-0.3, -0.25) is 11.3 Å². The second-order valence-corrected chi connectivity index (χ2v) is 7.48. The molecule has 2 aromatic rings. The van der Waals surface area contributed by atoms with E-state index in [0.717, 1.165) is 0 Å². The van der Waals surface area contributed by atoms with Gasteiger partial charge in [0.2, 0.25) is 0 Å². The molecule has 0 aromatic heterocycles. The Bertz CT molecular complexity index is 574. The normalized spacial score (nSPS) is 23.1. The highest BCUT2D eigenvalue weighted by Gasteiger charge is 2.38. The molecule has 1 aliphatic heterocycles. The first-order valence-corrected chi connectivity index (χ1v) is 8.47. The van der Waals surface area contributed by atoms with Crippen LogP contribution in [0.25, 0.3) is 11.1 Å². The SMILES string of the molecule is CC1(C(NN)c2ccc(-c3ccccc3)cc2)CCCS1. The lowest BCUT2D eigenvalue weighted by molar-refractivity contribution is 0.421. The second-order valence-electron chi connectivity index (χ2n) is 5.85. The maximum Gasteiger partial charge on any atom is 0.0604 e. The Hall–Kier alpha value is -1.29. The van der Waals surface area contributed by atoms with E-state index in [1.54, 1.807) is 0 Å². The first kappa shape index (κ1) is 14.6. The van der Waals surface area contributed by atoms with Crippen LogP contribution >= 0.6 is 11.8 Å². The minimum atomic E-state index is 0.197. The molecule has 3 rings (SSSR count). The molecule has 3 N–H and O–H groups in total. The molecule has 21 heavy (non-hydrogen) atoms. The van der Waals surface area contributed by atoms with Crippen molar-refractivity contribution in [3.05, 3.63) is 60.2 Å². The summed E-state index contributed by atoms with van der Waals surface area (Å²) in [7, 11) is 0. The van der Waals surface area contributed by atoms with Crippen LogP contribution in [0.15, 0.2) is 54.6 Å². The minimum Gasteiger partial charge on any atom is -0.271 e. The van der Waals surface area contributed by atoms with E-state index < -0.39 is 0 Å². The van der Waals surface area contributed by atoms with Gasteiger partial charge in [-0.05, 0) is 42.2 Å². The smallest absolute Gasteiger partial charge is 0.0604 e. The van der Waals surface area contributed by atoms with E-state index in [0.29, 0.717) is 0 Å². The summed E-state index contributed by atoms with van der Waals surface area (Å²) in [6, 6.07) is 19.5. The Morgan fingerprint density at radius 1 is 1.05 bits per heavy atom. The van der Waals surface area contributed by atoms with Gasteiger partial charge in [-0.1, -0.05) is 54.6 Å². The molecule has 1 fully saturated rings. The fourth-order valence-electron chi connectivity index (χ4n) is 3.15. The standard InChI is InChI=1S/C18H22N2S/c1-18(12-5-13-21-18)17(20-19)16-10-8-15(9-11-16)14-6-3-2-4-7-14/h2-4,6-11,17,20H,5,12-13,19H2,1H3. The predicted molar refractivity (Wildman–Crippen MR) is 92.0 cm³/mol. The van der Waals surface area contributed by atoms with Crippen molar-refractivity contribution in [3.8, 4) is 11.1 Å². The monoisotopic (exact) mass is 298 g/mol. The molecule has 0 spiro atoms. The average molecular weight is 298 g/mol. The van der Waals surface area contributed by atoms with Gasteiger partial charge in [0.05, 0.1) is 6.04 Å². The summed E-state index contributed by atoms with van der Waals surface area (Å²) in [6.45, 7) is 2.32. The first-order chi connectivity index (χ1) is 10.2. The third kappa shape index (κ3) is 3.00. The molecule has 0 aliphatic carbocycles. The summed E-state index contributed by atoms with van der Waals surface area (Å²) in [5, 5.41) is 0. The fraction of sp³-hybridized carbons (Fsp3) is 0.333. The van der Waals surface area contributed by atoms with E-state index in [9.17, 15) is 0 Å². The molecule has 1 saturated heterocycles. The lowest BCUT2D eigenvalue weighted by Gasteiger charge is -2.33. The average Bonchev–Trinajstić information content (AvgIpc) is 2.97. The Morgan fingerprint density at radius 2 is 1.71 bits per heavy atom. The van der Waals surface area contributed by atoms with Crippen LogP contribution in [0.2, 0.25) is 0 Å². The van der Waals surface area contributed by atoms with Gasteiger partial charge in [-0.15, -0.1) is 0 Å². The van der Waals surface area contributed by atoms with Crippen molar-refractivity contribution < 1.29 is 0 Å². The molecule has 2 nitrogen and oxygen atoms in total. The summed E-state index contributed by atoms with van der Waals surface area (Å²) in [4.78, 5) is 0. The highest BCUT2D eigenvalue weighted by molar-refractivity contribution is 8.00. The number of nitrogens with two attached hydrogens (primary N) is 1. The van der Waals surface area contributed by atoms with E-state index >= 15 is 0 Å². The lowest BCUT2D eigenvalue weighted by atomic mass is 9.90. The van der Waals surface area contributed by atoms with Crippen molar-refractivity contribution in [1.29, 1.82) is 0 Å². The number of hydrogen-bond acceptors (Lipinski definition) is 3. The van der Waals surface area contributed by atoms with Crippen molar-refractivity contribution in [3.63, 3.8) is 0 Å². The topological polar surface area (TPSA) is 38.0 Å². The summed E-state index contributed by atoms with van der Waals surface area (Å²) in [5.74, 6) is 7.09. The molecule has 1 heterocycles. The van der Waals surface area contributed by atoms with E-state index in [-0.39, 0.29) is 10.8 Å². The molecule has 2 atom stereocenters. The zero-order chi connectivity index (χ0) is 14.7. The summed E-state index contributed by atoms with van der Waals surface area (Å²) < 4.78 is 0.197. The second kappa shape index (κ2) is 6.22. The summed E-state index contributed by atoms with van der Waals surface area (Å²) in [6.07, 6.45) is 2.49. The predicted octanol–water partition coefficient (Wildman–Crippen LogP) is 4.14. The van der Waals surface area contributed by atoms with Crippen LogP contribution in [0.3, 0.4) is 0 Å². The fourth-order valence-corrected chi connectivity index (χ4v) is 4.57. The van der Waals surface area contributed by atoms with Gasteiger partial charge >= 0.3 is 0 Å². The molecule has 1 aliphatic rings. The molecule has 0 bridgehead atoms.